The molecule has 0 atom stereocenters. The summed E-state index contributed by atoms with van der Waals surface area (Å²) in [5.41, 5.74) is -0.198. The number of ether oxygens (including phenoxy) is 1. The molecule has 0 bridgehead atoms. The molecule has 0 saturated carbocycles. The molecule has 0 fully saturated rings. The second kappa shape index (κ2) is 3.95. The lowest BCUT2D eigenvalue weighted by molar-refractivity contribution is 0.0367. The molecule has 0 spiro atoms. The molecular weight excluding hydrogens is 186 g/mol. The van der Waals surface area contributed by atoms with E-state index in [0.29, 0.717) is 0 Å². The Morgan fingerprint density at radius 3 is 2.64 bits per heavy atom. The van der Waals surface area contributed by atoms with Gasteiger partial charge in [-0.2, -0.15) is 0 Å². The third-order valence-corrected chi connectivity index (χ3v) is 1.39. The van der Waals surface area contributed by atoms with Crippen molar-refractivity contribution >= 4 is 5.97 Å². The second-order valence-electron chi connectivity index (χ2n) is 3.02. The number of nitrogens with zero attached hydrogens (tertiary/aromatic N) is 1. The Bertz CT molecular complexity index is 349. The number of aromatic nitrogens is 1. The van der Waals surface area contributed by atoms with E-state index in [4.69, 9.17) is 9.84 Å². The number of rotatable bonds is 2. The highest BCUT2D eigenvalue weighted by atomic mass is 16.5. The Labute approximate surface area is 81.0 Å². The van der Waals surface area contributed by atoms with Crippen molar-refractivity contribution in [2.45, 2.75) is 20.0 Å². The number of esters is 1. The SMILES string of the molecule is CC(C)OC(=O)c1ncc(O)cc1O. The Kier molecular flexibility index (Phi) is 2.91. The molecule has 1 rings (SSSR count). The second-order valence-corrected chi connectivity index (χ2v) is 3.02. The minimum atomic E-state index is -0.711. The van der Waals surface area contributed by atoms with Gasteiger partial charge in [-0.25, -0.2) is 9.78 Å². The topological polar surface area (TPSA) is 79.7 Å². The molecule has 76 valence electrons. The number of pyridine rings is 1. The highest BCUT2D eigenvalue weighted by molar-refractivity contribution is 5.90. The third kappa shape index (κ3) is 2.35. The lowest BCUT2D eigenvalue weighted by atomic mass is 10.3. The van der Waals surface area contributed by atoms with Crippen LogP contribution in [0.25, 0.3) is 0 Å². The van der Waals surface area contributed by atoms with Crippen molar-refractivity contribution in [3.05, 3.63) is 18.0 Å². The van der Waals surface area contributed by atoms with Gasteiger partial charge in [0.1, 0.15) is 5.75 Å². The van der Waals surface area contributed by atoms with E-state index < -0.39 is 11.7 Å². The maximum absolute atomic E-state index is 11.3. The molecule has 0 aliphatic heterocycles. The van der Waals surface area contributed by atoms with E-state index >= 15 is 0 Å². The van der Waals surface area contributed by atoms with E-state index in [1.807, 2.05) is 0 Å². The van der Waals surface area contributed by atoms with Crippen LogP contribution in [0.2, 0.25) is 0 Å². The maximum atomic E-state index is 11.3. The summed E-state index contributed by atoms with van der Waals surface area (Å²) in [6, 6.07) is 1.03. The Hall–Kier alpha value is -1.78. The lowest BCUT2D eigenvalue weighted by Gasteiger charge is -2.07. The van der Waals surface area contributed by atoms with Gasteiger partial charge in [0.25, 0.3) is 0 Å². The fraction of sp³-hybridized carbons (Fsp3) is 0.333. The van der Waals surface area contributed by atoms with Gasteiger partial charge in [-0.1, -0.05) is 0 Å². The number of carbonyl (C=O) groups is 1. The van der Waals surface area contributed by atoms with Crippen molar-refractivity contribution in [3.8, 4) is 11.5 Å². The lowest BCUT2D eigenvalue weighted by Crippen LogP contribution is -2.13. The van der Waals surface area contributed by atoms with Crippen molar-refractivity contribution in [2.24, 2.45) is 0 Å². The van der Waals surface area contributed by atoms with E-state index in [9.17, 15) is 9.90 Å². The summed E-state index contributed by atoms with van der Waals surface area (Å²) >= 11 is 0. The van der Waals surface area contributed by atoms with Gasteiger partial charge in [0, 0.05) is 6.07 Å². The molecule has 2 N–H and O–H groups in total. The highest BCUT2D eigenvalue weighted by Gasteiger charge is 2.15. The molecular formula is C9H11NO4. The van der Waals surface area contributed by atoms with Crippen molar-refractivity contribution in [1.82, 2.24) is 4.98 Å². The number of aromatic hydroxyl groups is 2. The summed E-state index contributed by atoms with van der Waals surface area (Å²) in [7, 11) is 0. The predicted molar refractivity (Wildman–Crippen MR) is 48.1 cm³/mol. The van der Waals surface area contributed by atoms with E-state index in [1.54, 1.807) is 13.8 Å². The summed E-state index contributed by atoms with van der Waals surface area (Å²) in [4.78, 5) is 14.8. The first kappa shape index (κ1) is 10.3. The smallest absolute Gasteiger partial charge is 0.361 e. The molecule has 5 nitrogen and oxygen atoms in total. The first-order valence-corrected chi connectivity index (χ1v) is 4.09. The van der Waals surface area contributed by atoms with Gasteiger partial charge in [0.05, 0.1) is 12.3 Å². The molecule has 0 amide bonds. The van der Waals surface area contributed by atoms with Crippen LogP contribution in [0.4, 0.5) is 0 Å². The molecule has 1 heterocycles. The van der Waals surface area contributed by atoms with Crippen molar-refractivity contribution in [2.75, 3.05) is 0 Å². The quantitative estimate of drug-likeness (QED) is 0.693. The van der Waals surface area contributed by atoms with Crippen LogP contribution in [0.15, 0.2) is 12.3 Å². The molecule has 0 unspecified atom stereocenters. The highest BCUT2D eigenvalue weighted by Crippen LogP contribution is 2.20. The van der Waals surface area contributed by atoms with Crippen LogP contribution < -0.4 is 0 Å². The Morgan fingerprint density at radius 2 is 2.14 bits per heavy atom. The van der Waals surface area contributed by atoms with Crippen LogP contribution in [0.5, 0.6) is 11.5 Å². The van der Waals surface area contributed by atoms with Crippen LogP contribution >= 0.6 is 0 Å². The zero-order chi connectivity index (χ0) is 10.7. The first-order valence-electron chi connectivity index (χ1n) is 4.09. The van der Waals surface area contributed by atoms with Crippen LogP contribution in [0.3, 0.4) is 0 Å². The summed E-state index contributed by atoms with van der Waals surface area (Å²) in [5.74, 6) is -1.31. The van der Waals surface area contributed by atoms with Gasteiger partial charge in [-0.15, -0.1) is 0 Å². The van der Waals surface area contributed by atoms with Crippen molar-refractivity contribution in [1.29, 1.82) is 0 Å². The zero-order valence-electron chi connectivity index (χ0n) is 7.89. The summed E-state index contributed by atoms with van der Waals surface area (Å²) in [6.07, 6.45) is 0.786. The van der Waals surface area contributed by atoms with Crippen LogP contribution in [-0.2, 0) is 4.74 Å². The van der Waals surface area contributed by atoms with Crippen LogP contribution in [0, 0.1) is 0 Å². The summed E-state index contributed by atoms with van der Waals surface area (Å²) in [5, 5.41) is 18.2. The molecule has 1 aromatic heterocycles. The number of hydrogen-bond acceptors (Lipinski definition) is 5. The zero-order valence-corrected chi connectivity index (χ0v) is 7.89. The van der Waals surface area contributed by atoms with Gasteiger partial charge >= 0.3 is 5.97 Å². The molecule has 0 aromatic carbocycles. The predicted octanol–water partition coefficient (Wildman–Crippen LogP) is 1.06. The average Bonchev–Trinajstić information content (AvgIpc) is 2.01. The van der Waals surface area contributed by atoms with Gasteiger partial charge in [0.2, 0.25) is 0 Å². The van der Waals surface area contributed by atoms with E-state index in [1.165, 1.54) is 0 Å². The molecule has 1 aromatic rings. The minimum absolute atomic E-state index is 0.198. The normalized spacial score (nSPS) is 10.2. The molecule has 0 aliphatic rings. The minimum Gasteiger partial charge on any atom is -0.506 e. The average molecular weight is 197 g/mol. The molecule has 0 aliphatic carbocycles. The maximum Gasteiger partial charge on any atom is 0.361 e. The Morgan fingerprint density at radius 1 is 1.50 bits per heavy atom. The fourth-order valence-electron chi connectivity index (χ4n) is 0.870. The molecule has 0 radical (unpaired) electrons. The van der Waals surface area contributed by atoms with E-state index in [0.717, 1.165) is 12.3 Å². The molecule has 0 saturated heterocycles. The van der Waals surface area contributed by atoms with Crippen molar-refractivity contribution < 1.29 is 19.7 Å². The third-order valence-electron chi connectivity index (χ3n) is 1.39. The number of hydrogen-bond donors (Lipinski definition) is 2. The van der Waals surface area contributed by atoms with Gasteiger partial charge in [-0.3, -0.25) is 0 Å². The van der Waals surface area contributed by atoms with Crippen LogP contribution in [0.1, 0.15) is 24.3 Å². The van der Waals surface area contributed by atoms with Crippen molar-refractivity contribution in [3.63, 3.8) is 0 Å². The standard InChI is InChI=1S/C9H11NO4/c1-5(2)14-9(13)8-7(12)3-6(11)4-10-8/h3-5,11-12H,1-2H3. The van der Waals surface area contributed by atoms with Gasteiger partial charge in [-0.05, 0) is 13.8 Å². The Balaban J connectivity index is 2.90. The van der Waals surface area contributed by atoms with Gasteiger partial charge < -0.3 is 14.9 Å². The molecule has 14 heavy (non-hydrogen) atoms. The largest absolute Gasteiger partial charge is 0.506 e. The van der Waals surface area contributed by atoms with E-state index in [2.05, 4.69) is 4.98 Å². The molecule has 5 heteroatoms. The fourth-order valence-corrected chi connectivity index (χ4v) is 0.870. The summed E-state index contributed by atoms with van der Waals surface area (Å²) < 4.78 is 4.81. The monoisotopic (exact) mass is 197 g/mol. The summed E-state index contributed by atoms with van der Waals surface area (Å²) in [6.45, 7) is 3.38. The first-order chi connectivity index (χ1) is 6.50. The van der Waals surface area contributed by atoms with Gasteiger partial charge in [0.15, 0.2) is 11.4 Å². The number of carbonyl (C=O) groups excluding carboxylic acids is 1. The van der Waals surface area contributed by atoms with E-state index in [-0.39, 0.29) is 17.5 Å². The van der Waals surface area contributed by atoms with Crippen LogP contribution in [-0.4, -0.2) is 27.3 Å².